The molecule has 9 heteroatoms. The lowest BCUT2D eigenvalue weighted by molar-refractivity contribution is -0.394. The molecule has 160 valence electrons. The van der Waals surface area contributed by atoms with Crippen molar-refractivity contribution in [2.75, 3.05) is 5.32 Å². The highest BCUT2D eigenvalue weighted by molar-refractivity contribution is 5.86. The van der Waals surface area contributed by atoms with Crippen LogP contribution < -0.4 is 5.32 Å². The number of benzene rings is 2. The van der Waals surface area contributed by atoms with Gasteiger partial charge in [0.15, 0.2) is 0 Å². The molecule has 2 rings (SSSR count). The van der Waals surface area contributed by atoms with Crippen molar-refractivity contribution >= 4 is 23.2 Å². The number of ether oxygens (including phenoxy) is 1. The monoisotopic (exact) mass is 415 g/mol. The van der Waals surface area contributed by atoms with Gasteiger partial charge in [-0.25, -0.2) is 4.79 Å². The summed E-state index contributed by atoms with van der Waals surface area (Å²) in [5, 5.41) is 24.4. The molecule has 2 aromatic rings. The molecule has 0 aliphatic rings. The molecule has 0 aliphatic heterocycles. The maximum atomic E-state index is 12.4. The standard InChI is InChI=1S/C21H25N3O6/c1-2-3-4-5-9-12-20(16-10-7-6-8-11-16)30-21(25)22-17-13-18(23(26)27)15-19(14-17)24(28)29/h6-8,10-11,13-15,20H,2-5,9,12H2,1H3,(H,22,25). The molecule has 0 saturated carbocycles. The Labute approximate surface area is 174 Å². The summed E-state index contributed by atoms with van der Waals surface area (Å²) in [6.07, 6.45) is 4.64. The van der Waals surface area contributed by atoms with Gasteiger partial charge >= 0.3 is 6.09 Å². The van der Waals surface area contributed by atoms with Gasteiger partial charge in [0.1, 0.15) is 6.10 Å². The number of non-ortho nitro benzene ring substituents is 2. The number of nitrogens with one attached hydrogen (secondary N) is 1. The van der Waals surface area contributed by atoms with E-state index in [0.29, 0.717) is 6.42 Å². The van der Waals surface area contributed by atoms with E-state index in [-0.39, 0.29) is 5.69 Å². The summed E-state index contributed by atoms with van der Waals surface area (Å²) in [7, 11) is 0. The van der Waals surface area contributed by atoms with Crippen LogP contribution in [0.3, 0.4) is 0 Å². The summed E-state index contributed by atoms with van der Waals surface area (Å²) in [5.74, 6) is 0. The van der Waals surface area contributed by atoms with Crippen molar-refractivity contribution in [3.63, 3.8) is 0 Å². The number of amides is 1. The number of carbonyl (C=O) groups excluding carboxylic acids is 1. The van der Waals surface area contributed by atoms with Gasteiger partial charge < -0.3 is 4.74 Å². The van der Waals surface area contributed by atoms with Gasteiger partial charge in [0, 0.05) is 12.1 Å². The Bertz CT molecular complexity index is 840. The number of carbonyl (C=O) groups is 1. The first-order chi connectivity index (χ1) is 14.4. The second-order valence-corrected chi connectivity index (χ2v) is 6.88. The second kappa shape index (κ2) is 11.5. The zero-order valence-electron chi connectivity index (χ0n) is 16.8. The predicted molar refractivity (Wildman–Crippen MR) is 112 cm³/mol. The van der Waals surface area contributed by atoms with Crippen LogP contribution in [0.15, 0.2) is 48.5 Å². The van der Waals surface area contributed by atoms with E-state index >= 15 is 0 Å². The molecular weight excluding hydrogens is 390 g/mol. The normalized spacial score (nSPS) is 11.5. The number of nitro benzene ring substituents is 2. The van der Waals surface area contributed by atoms with Crippen molar-refractivity contribution < 1.29 is 19.4 Å². The zero-order valence-corrected chi connectivity index (χ0v) is 16.8. The lowest BCUT2D eigenvalue weighted by Gasteiger charge is -2.19. The Morgan fingerprint density at radius 3 is 2.13 bits per heavy atom. The zero-order chi connectivity index (χ0) is 21.9. The fraction of sp³-hybridized carbons (Fsp3) is 0.381. The smallest absolute Gasteiger partial charge is 0.412 e. The van der Waals surface area contributed by atoms with E-state index in [1.54, 1.807) is 0 Å². The number of rotatable bonds is 11. The number of hydrogen-bond donors (Lipinski definition) is 1. The molecule has 0 aliphatic carbocycles. The van der Waals surface area contributed by atoms with Crippen LogP contribution in [0.4, 0.5) is 21.9 Å². The van der Waals surface area contributed by atoms with Crippen molar-refractivity contribution in [1.29, 1.82) is 0 Å². The summed E-state index contributed by atoms with van der Waals surface area (Å²) in [5.41, 5.74) is -0.214. The fourth-order valence-corrected chi connectivity index (χ4v) is 3.05. The highest BCUT2D eigenvalue weighted by Gasteiger charge is 2.20. The molecular formula is C21H25N3O6. The minimum atomic E-state index is -0.827. The van der Waals surface area contributed by atoms with E-state index in [4.69, 9.17) is 4.74 Å². The molecule has 9 nitrogen and oxygen atoms in total. The highest BCUT2D eigenvalue weighted by Crippen LogP contribution is 2.28. The van der Waals surface area contributed by atoms with Gasteiger partial charge in [0.25, 0.3) is 11.4 Å². The van der Waals surface area contributed by atoms with Gasteiger partial charge in [-0.05, 0) is 18.4 Å². The van der Waals surface area contributed by atoms with Crippen LogP contribution in [-0.2, 0) is 4.74 Å². The Kier molecular flexibility index (Phi) is 8.74. The second-order valence-electron chi connectivity index (χ2n) is 6.88. The fourth-order valence-electron chi connectivity index (χ4n) is 3.05. The number of unbranched alkanes of at least 4 members (excludes halogenated alkanes) is 4. The first-order valence-corrected chi connectivity index (χ1v) is 9.87. The SMILES string of the molecule is CCCCCCCC(OC(=O)Nc1cc([N+](=O)[O-])cc([N+](=O)[O-])c1)c1ccccc1. The Morgan fingerprint density at radius 2 is 1.57 bits per heavy atom. The van der Waals surface area contributed by atoms with E-state index in [0.717, 1.165) is 55.9 Å². The van der Waals surface area contributed by atoms with Crippen LogP contribution >= 0.6 is 0 Å². The van der Waals surface area contributed by atoms with Crippen molar-refractivity contribution in [2.24, 2.45) is 0 Å². The molecule has 1 N–H and O–H groups in total. The van der Waals surface area contributed by atoms with Crippen LogP contribution in [0.2, 0.25) is 0 Å². The average Bonchev–Trinajstić information content (AvgIpc) is 2.73. The summed E-state index contributed by atoms with van der Waals surface area (Å²) < 4.78 is 5.56. The Morgan fingerprint density at radius 1 is 0.967 bits per heavy atom. The van der Waals surface area contributed by atoms with Gasteiger partial charge in [-0.1, -0.05) is 62.9 Å². The molecule has 2 aromatic carbocycles. The molecule has 1 amide bonds. The third-order valence-corrected chi connectivity index (χ3v) is 4.56. The number of anilines is 1. The molecule has 0 bridgehead atoms. The third kappa shape index (κ3) is 7.16. The maximum absolute atomic E-state index is 12.4. The van der Waals surface area contributed by atoms with E-state index in [1.807, 2.05) is 30.3 Å². The third-order valence-electron chi connectivity index (χ3n) is 4.56. The maximum Gasteiger partial charge on any atom is 0.412 e. The molecule has 0 fully saturated rings. The number of hydrogen-bond acceptors (Lipinski definition) is 6. The minimum absolute atomic E-state index is 0.0735. The molecule has 0 heterocycles. The summed E-state index contributed by atoms with van der Waals surface area (Å²) in [6, 6.07) is 12.2. The number of nitrogens with zero attached hydrogens (tertiary/aromatic N) is 2. The van der Waals surface area contributed by atoms with E-state index in [9.17, 15) is 25.0 Å². The van der Waals surface area contributed by atoms with Gasteiger partial charge in [0.05, 0.1) is 21.6 Å². The van der Waals surface area contributed by atoms with Gasteiger partial charge in [-0.15, -0.1) is 0 Å². The molecule has 1 atom stereocenters. The summed E-state index contributed by atoms with van der Waals surface area (Å²) in [4.78, 5) is 32.9. The lowest BCUT2D eigenvalue weighted by atomic mass is 10.0. The summed E-state index contributed by atoms with van der Waals surface area (Å²) in [6.45, 7) is 2.14. The molecule has 0 aromatic heterocycles. The van der Waals surface area contributed by atoms with Crippen molar-refractivity contribution in [1.82, 2.24) is 0 Å². The minimum Gasteiger partial charge on any atom is -0.441 e. The topological polar surface area (TPSA) is 125 Å². The largest absolute Gasteiger partial charge is 0.441 e. The van der Waals surface area contributed by atoms with Crippen LogP contribution in [0.1, 0.15) is 57.1 Å². The Hall–Kier alpha value is -3.49. The molecule has 0 spiro atoms. The van der Waals surface area contributed by atoms with Gasteiger partial charge in [-0.2, -0.15) is 0 Å². The van der Waals surface area contributed by atoms with Crippen LogP contribution in [0.25, 0.3) is 0 Å². The van der Waals surface area contributed by atoms with Gasteiger partial charge in [-0.3, -0.25) is 25.5 Å². The summed E-state index contributed by atoms with van der Waals surface area (Å²) >= 11 is 0. The quantitative estimate of drug-likeness (QED) is 0.266. The number of nitro groups is 2. The lowest BCUT2D eigenvalue weighted by Crippen LogP contribution is -2.18. The van der Waals surface area contributed by atoms with Crippen LogP contribution in [0.5, 0.6) is 0 Å². The van der Waals surface area contributed by atoms with Crippen molar-refractivity contribution in [3.8, 4) is 0 Å². The van der Waals surface area contributed by atoms with E-state index in [1.165, 1.54) is 0 Å². The van der Waals surface area contributed by atoms with Crippen molar-refractivity contribution in [3.05, 3.63) is 74.3 Å². The molecule has 0 radical (unpaired) electrons. The average molecular weight is 415 g/mol. The van der Waals surface area contributed by atoms with Crippen molar-refractivity contribution in [2.45, 2.75) is 51.6 Å². The first-order valence-electron chi connectivity index (χ1n) is 9.87. The van der Waals surface area contributed by atoms with Crippen LogP contribution in [0, 0.1) is 20.2 Å². The van der Waals surface area contributed by atoms with Gasteiger partial charge in [0.2, 0.25) is 0 Å². The van der Waals surface area contributed by atoms with E-state index in [2.05, 4.69) is 12.2 Å². The highest BCUT2D eigenvalue weighted by atomic mass is 16.6. The van der Waals surface area contributed by atoms with Crippen LogP contribution in [-0.4, -0.2) is 15.9 Å². The molecule has 1 unspecified atom stereocenters. The predicted octanol–water partition coefficient (Wildman–Crippen LogP) is 6.15. The Balaban J connectivity index is 2.09. The first kappa shape index (κ1) is 22.8. The van der Waals surface area contributed by atoms with E-state index < -0.39 is 33.4 Å². The molecule has 30 heavy (non-hydrogen) atoms. The molecule has 0 saturated heterocycles.